The maximum absolute atomic E-state index is 12.6. The number of aromatic amines is 1. The van der Waals surface area contributed by atoms with E-state index in [1.54, 1.807) is 7.11 Å². The molecule has 3 heterocycles. The number of rotatable bonds is 4. The minimum absolute atomic E-state index is 0.0288. The van der Waals surface area contributed by atoms with E-state index >= 15 is 0 Å². The van der Waals surface area contributed by atoms with Crippen molar-refractivity contribution in [3.05, 3.63) is 30.1 Å². The first-order chi connectivity index (χ1) is 12.2. The van der Waals surface area contributed by atoms with E-state index in [-0.39, 0.29) is 17.6 Å². The number of hydrogen-bond acceptors (Lipinski definition) is 4. The summed E-state index contributed by atoms with van der Waals surface area (Å²) in [5, 5.41) is 0. The van der Waals surface area contributed by atoms with Crippen LogP contribution in [0.3, 0.4) is 0 Å². The Morgan fingerprint density at radius 3 is 3.08 bits per heavy atom. The van der Waals surface area contributed by atoms with Crippen LogP contribution in [0.2, 0.25) is 0 Å². The number of piperidine rings is 1. The quantitative estimate of drug-likeness (QED) is 0.925. The van der Waals surface area contributed by atoms with Crippen molar-refractivity contribution in [2.75, 3.05) is 26.8 Å². The third kappa shape index (κ3) is 3.16. The molecule has 2 aliphatic heterocycles. The van der Waals surface area contributed by atoms with Crippen molar-refractivity contribution in [1.29, 1.82) is 0 Å². The Morgan fingerprint density at radius 2 is 2.32 bits per heavy atom. The van der Waals surface area contributed by atoms with Crippen LogP contribution in [0, 0.1) is 0 Å². The highest BCUT2D eigenvalue weighted by atomic mass is 16.5. The molecular formula is C19H25N3O3. The molecule has 2 aromatic rings. The van der Waals surface area contributed by atoms with E-state index in [0.29, 0.717) is 19.4 Å². The molecule has 6 heteroatoms. The zero-order valence-corrected chi connectivity index (χ0v) is 14.7. The molecule has 4 rings (SSSR count). The number of methoxy groups -OCH3 is 1. The summed E-state index contributed by atoms with van der Waals surface area (Å²) in [6.07, 6.45) is 4.04. The smallest absolute Gasteiger partial charge is 0.223 e. The summed E-state index contributed by atoms with van der Waals surface area (Å²) in [5.74, 6) is 1.03. The van der Waals surface area contributed by atoms with E-state index in [1.165, 1.54) is 0 Å². The molecule has 0 saturated carbocycles. The monoisotopic (exact) mass is 343 g/mol. The molecule has 1 amide bonds. The van der Waals surface area contributed by atoms with Crippen LogP contribution in [-0.2, 0) is 20.7 Å². The molecule has 2 fully saturated rings. The molecule has 25 heavy (non-hydrogen) atoms. The lowest BCUT2D eigenvalue weighted by Crippen LogP contribution is -2.57. The number of nitrogens with one attached hydrogen (secondary N) is 1. The van der Waals surface area contributed by atoms with Gasteiger partial charge in [0.1, 0.15) is 11.9 Å². The minimum atomic E-state index is -0.176. The Balaban J connectivity index is 1.36. The molecule has 2 atom stereocenters. The summed E-state index contributed by atoms with van der Waals surface area (Å²) in [5.41, 5.74) is 1.79. The van der Waals surface area contributed by atoms with Crippen molar-refractivity contribution in [2.45, 2.75) is 43.8 Å². The number of para-hydroxylation sites is 2. The first-order valence-electron chi connectivity index (χ1n) is 9.08. The summed E-state index contributed by atoms with van der Waals surface area (Å²) >= 11 is 0. The number of aromatic nitrogens is 2. The molecule has 0 bridgehead atoms. The number of nitrogens with zero attached hydrogens (tertiary/aromatic N) is 2. The number of H-pyrrole nitrogens is 1. The number of amides is 1. The molecule has 2 aliphatic rings. The molecule has 134 valence electrons. The SMILES string of the molecule is CO[C@H]1CN(C(=O)CCc2nc3ccccc3[nH]2)CC[C@@]12CCCO2. The van der Waals surface area contributed by atoms with E-state index in [9.17, 15) is 4.79 Å². The average molecular weight is 343 g/mol. The second-order valence-corrected chi connectivity index (χ2v) is 7.03. The molecule has 2 saturated heterocycles. The van der Waals surface area contributed by atoms with Crippen molar-refractivity contribution in [1.82, 2.24) is 14.9 Å². The van der Waals surface area contributed by atoms with Gasteiger partial charge in [0, 0.05) is 39.6 Å². The van der Waals surface area contributed by atoms with Crippen molar-refractivity contribution >= 4 is 16.9 Å². The number of carbonyl (C=O) groups excluding carboxylic acids is 1. The van der Waals surface area contributed by atoms with Gasteiger partial charge in [0.2, 0.25) is 5.91 Å². The molecule has 0 unspecified atom stereocenters. The molecule has 6 nitrogen and oxygen atoms in total. The lowest BCUT2D eigenvalue weighted by molar-refractivity contribution is -0.158. The maximum Gasteiger partial charge on any atom is 0.223 e. The number of hydrogen-bond donors (Lipinski definition) is 1. The highest BCUT2D eigenvalue weighted by Gasteiger charge is 2.47. The normalized spacial score (nSPS) is 26.6. The summed E-state index contributed by atoms with van der Waals surface area (Å²) in [7, 11) is 1.72. The zero-order chi connectivity index (χ0) is 17.3. The summed E-state index contributed by atoms with van der Waals surface area (Å²) in [6, 6.07) is 7.93. The van der Waals surface area contributed by atoms with E-state index < -0.39 is 0 Å². The van der Waals surface area contributed by atoms with Crippen LogP contribution in [0.15, 0.2) is 24.3 Å². The van der Waals surface area contributed by atoms with Crippen LogP contribution in [0.4, 0.5) is 0 Å². The third-order valence-electron chi connectivity index (χ3n) is 5.56. The first-order valence-corrected chi connectivity index (χ1v) is 9.08. The first kappa shape index (κ1) is 16.5. The molecule has 0 radical (unpaired) electrons. The number of imidazole rings is 1. The van der Waals surface area contributed by atoms with Gasteiger partial charge < -0.3 is 19.4 Å². The lowest BCUT2D eigenvalue weighted by Gasteiger charge is -2.44. The van der Waals surface area contributed by atoms with E-state index in [1.807, 2.05) is 29.2 Å². The second kappa shape index (κ2) is 6.77. The van der Waals surface area contributed by atoms with Crippen molar-refractivity contribution in [3.63, 3.8) is 0 Å². The maximum atomic E-state index is 12.6. The number of likely N-dealkylation sites (tertiary alicyclic amines) is 1. The third-order valence-corrected chi connectivity index (χ3v) is 5.56. The number of carbonyl (C=O) groups is 1. The Kier molecular flexibility index (Phi) is 4.48. The van der Waals surface area contributed by atoms with Crippen LogP contribution >= 0.6 is 0 Å². The molecule has 1 N–H and O–H groups in total. The highest BCUT2D eigenvalue weighted by molar-refractivity contribution is 5.77. The average Bonchev–Trinajstić information content (AvgIpc) is 3.27. The second-order valence-electron chi connectivity index (χ2n) is 7.03. The Morgan fingerprint density at radius 1 is 1.44 bits per heavy atom. The standard InChI is InChI=1S/C19H25N3O3/c1-24-16-13-22(11-10-19(16)9-4-12-25-19)18(23)8-7-17-20-14-5-2-3-6-15(14)21-17/h2-3,5-6,16H,4,7-13H2,1H3,(H,20,21)/t16-,19-/m0/s1. The fraction of sp³-hybridized carbons (Fsp3) is 0.579. The topological polar surface area (TPSA) is 67.5 Å². The molecule has 1 aromatic heterocycles. The minimum Gasteiger partial charge on any atom is -0.377 e. The van der Waals surface area contributed by atoms with Crippen LogP contribution in [0.1, 0.15) is 31.5 Å². The molecular weight excluding hydrogens is 318 g/mol. The van der Waals surface area contributed by atoms with Crippen molar-refractivity contribution < 1.29 is 14.3 Å². The van der Waals surface area contributed by atoms with Gasteiger partial charge >= 0.3 is 0 Å². The van der Waals surface area contributed by atoms with Crippen LogP contribution in [0.5, 0.6) is 0 Å². The predicted octanol–water partition coefficient (Wildman–Crippen LogP) is 2.29. The van der Waals surface area contributed by atoms with Crippen LogP contribution in [-0.4, -0.2) is 59.3 Å². The molecule has 0 aliphatic carbocycles. The summed E-state index contributed by atoms with van der Waals surface area (Å²) in [4.78, 5) is 22.4. The Hall–Kier alpha value is -1.92. The fourth-order valence-corrected chi connectivity index (χ4v) is 4.14. The summed E-state index contributed by atoms with van der Waals surface area (Å²) in [6.45, 7) is 2.17. The van der Waals surface area contributed by atoms with E-state index in [2.05, 4.69) is 9.97 Å². The Bertz CT molecular complexity index is 718. The summed E-state index contributed by atoms with van der Waals surface area (Å²) < 4.78 is 11.7. The van der Waals surface area contributed by atoms with Gasteiger partial charge in [0.25, 0.3) is 0 Å². The van der Waals surface area contributed by atoms with Crippen molar-refractivity contribution in [2.24, 2.45) is 0 Å². The van der Waals surface area contributed by atoms with Crippen LogP contribution in [0.25, 0.3) is 11.0 Å². The number of aryl methyl sites for hydroxylation is 1. The van der Waals surface area contributed by atoms with E-state index in [0.717, 1.165) is 49.3 Å². The van der Waals surface area contributed by atoms with Gasteiger partial charge in [-0.2, -0.15) is 0 Å². The van der Waals surface area contributed by atoms with Crippen LogP contribution < -0.4 is 0 Å². The van der Waals surface area contributed by atoms with Crippen molar-refractivity contribution in [3.8, 4) is 0 Å². The molecule has 1 aromatic carbocycles. The number of ether oxygens (including phenoxy) is 2. The van der Waals surface area contributed by atoms with Gasteiger partial charge in [-0.3, -0.25) is 4.79 Å². The zero-order valence-electron chi connectivity index (χ0n) is 14.7. The van der Waals surface area contributed by atoms with Gasteiger partial charge in [-0.05, 0) is 31.4 Å². The fourth-order valence-electron chi connectivity index (χ4n) is 4.14. The van der Waals surface area contributed by atoms with Gasteiger partial charge in [-0.1, -0.05) is 12.1 Å². The van der Waals surface area contributed by atoms with Gasteiger partial charge in [-0.15, -0.1) is 0 Å². The van der Waals surface area contributed by atoms with Gasteiger partial charge in [0.05, 0.1) is 16.6 Å². The largest absolute Gasteiger partial charge is 0.377 e. The highest BCUT2D eigenvalue weighted by Crippen LogP contribution is 2.37. The predicted molar refractivity (Wildman–Crippen MR) is 94.3 cm³/mol. The number of benzene rings is 1. The number of fused-ring (bicyclic) bond motifs is 1. The van der Waals surface area contributed by atoms with Gasteiger partial charge in [-0.25, -0.2) is 4.98 Å². The molecule has 1 spiro atoms. The Labute approximate surface area is 147 Å². The lowest BCUT2D eigenvalue weighted by atomic mass is 9.85. The van der Waals surface area contributed by atoms with E-state index in [4.69, 9.17) is 9.47 Å². The van der Waals surface area contributed by atoms with Gasteiger partial charge in [0.15, 0.2) is 0 Å².